The van der Waals surface area contributed by atoms with Crippen LogP contribution in [0.25, 0.3) is 16.7 Å². The Bertz CT molecular complexity index is 1050. The number of carbonyl (C=O) groups excluding carboxylic acids is 1. The van der Waals surface area contributed by atoms with E-state index in [-0.39, 0.29) is 30.9 Å². The topological polar surface area (TPSA) is 94.9 Å². The highest BCUT2D eigenvalue weighted by Crippen LogP contribution is 2.38. The molecule has 0 aromatic carbocycles. The molecule has 2 N–H and O–H groups in total. The molecule has 3 aromatic heterocycles. The Morgan fingerprint density at radius 3 is 2.52 bits per heavy atom. The Balaban J connectivity index is 1.42. The van der Waals surface area contributed by atoms with Crippen LogP contribution in [0.5, 0.6) is 0 Å². The molecular formula is C19H21F2N7O. The van der Waals surface area contributed by atoms with E-state index in [1.54, 1.807) is 29.5 Å². The van der Waals surface area contributed by atoms with Gasteiger partial charge in [0.2, 0.25) is 0 Å². The number of pyridine rings is 1. The molecule has 2 fully saturated rings. The first-order valence-electron chi connectivity index (χ1n) is 9.69. The minimum Gasteiger partial charge on any atom is -0.364 e. The van der Waals surface area contributed by atoms with Gasteiger partial charge in [0.25, 0.3) is 11.8 Å². The van der Waals surface area contributed by atoms with Crippen molar-refractivity contribution in [1.82, 2.24) is 29.2 Å². The summed E-state index contributed by atoms with van der Waals surface area (Å²) < 4.78 is 29.9. The van der Waals surface area contributed by atoms with Crippen LogP contribution in [-0.4, -0.2) is 60.2 Å². The summed E-state index contributed by atoms with van der Waals surface area (Å²) in [7, 11) is 0. The molecule has 8 nitrogen and oxygen atoms in total. The molecule has 0 spiro atoms. The van der Waals surface area contributed by atoms with Crippen molar-refractivity contribution in [1.29, 1.82) is 0 Å². The van der Waals surface area contributed by atoms with Crippen molar-refractivity contribution in [2.45, 2.75) is 43.7 Å². The first-order valence-corrected chi connectivity index (χ1v) is 9.69. The Labute approximate surface area is 165 Å². The van der Waals surface area contributed by atoms with E-state index in [1.165, 1.54) is 0 Å². The predicted molar refractivity (Wildman–Crippen MR) is 101 cm³/mol. The predicted octanol–water partition coefficient (Wildman–Crippen LogP) is 2.15. The van der Waals surface area contributed by atoms with E-state index in [1.807, 2.05) is 15.6 Å². The van der Waals surface area contributed by atoms with Crippen LogP contribution in [0.2, 0.25) is 0 Å². The molecule has 1 aliphatic carbocycles. The van der Waals surface area contributed by atoms with Gasteiger partial charge in [-0.1, -0.05) is 0 Å². The molecule has 29 heavy (non-hydrogen) atoms. The van der Waals surface area contributed by atoms with Crippen LogP contribution in [-0.2, 0) is 0 Å². The highest BCUT2D eigenvalue weighted by atomic mass is 19.3. The molecule has 3 aromatic rings. The van der Waals surface area contributed by atoms with E-state index >= 15 is 0 Å². The molecule has 5 rings (SSSR count). The molecule has 1 saturated carbocycles. The van der Waals surface area contributed by atoms with Crippen molar-refractivity contribution in [3.63, 3.8) is 0 Å². The monoisotopic (exact) mass is 401 g/mol. The van der Waals surface area contributed by atoms with Gasteiger partial charge in [-0.2, -0.15) is 5.10 Å². The van der Waals surface area contributed by atoms with Gasteiger partial charge in [0.15, 0.2) is 5.69 Å². The number of imidazole rings is 1. The maximum atomic E-state index is 13.2. The van der Waals surface area contributed by atoms with Crippen LogP contribution in [0, 0.1) is 0 Å². The first kappa shape index (κ1) is 18.2. The standard InChI is InChI=1S/C19H21F2N7O/c20-19(21)9-27(10-19)13-1-3-14(4-2-13)28-17-12(8-24-28)7-15(25-16(17)18(22)29)26-6-5-23-11-26/h5-8,11,13-14H,1-4,9-10H2,(H2,22,29). The van der Waals surface area contributed by atoms with E-state index in [4.69, 9.17) is 5.73 Å². The molecule has 1 saturated heterocycles. The summed E-state index contributed by atoms with van der Waals surface area (Å²) in [6, 6.07) is 2.12. The van der Waals surface area contributed by atoms with E-state index in [2.05, 4.69) is 15.1 Å². The second-order valence-corrected chi connectivity index (χ2v) is 7.91. The summed E-state index contributed by atoms with van der Waals surface area (Å²) in [5, 5.41) is 5.30. The van der Waals surface area contributed by atoms with E-state index < -0.39 is 11.8 Å². The zero-order chi connectivity index (χ0) is 20.2. The first-order chi connectivity index (χ1) is 13.9. The number of hydrogen-bond donors (Lipinski definition) is 1. The average Bonchev–Trinajstić information content (AvgIpc) is 3.35. The number of nitrogens with two attached hydrogens (primary N) is 1. The third-order valence-corrected chi connectivity index (χ3v) is 5.96. The van der Waals surface area contributed by atoms with Crippen molar-refractivity contribution in [3.05, 3.63) is 36.7 Å². The maximum absolute atomic E-state index is 13.2. The zero-order valence-electron chi connectivity index (χ0n) is 15.7. The Kier molecular flexibility index (Phi) is 4.12. The second-order valence-electron chi connectivity index (χ2n) is 7.91. The molecule has 0 bridgehead atoms. The lowest BCUT2D eigenvalue weighted by Crippen LogP contribution is -2.60. The lowest BCUT2D eigenvalue weighted by Gasteiger charge is -2.46. The quantitative estimate of drug-likeness (QED) is 0.723. The minimum absolute atomic E-state index is 0.0875. The summed E-state index contributed by atoms with van der Waals surface area (Å²) in [6.45, 7) is -0.278. The third-order valence-electron chi connectivity index (χ3n) is 5.96. The van der Waals surface area contributed by atoms with E-state index in [9.17, 15) is 13.6 Å². The van der Waals surface area contributed by atoms with Crippen molar-refractivity contribution >= 4 is 16.8 Å². The molecule has 2 aliphatic rings. The lowest BCUT2D eigenvalue weighted by molar-refractivity contribution is -0.150. The van der Waals surface area contributed by atoms with Gasteiger partial charge in [0.05, 0.1) is 25.3 Å². The number of halogens is 2. The Hall–Kier alpha value is -2.88. The van der Waals surface area contributed by atoms with Gasteiger partial charge in [-0.15, -0.1) is 0 Å². The smallest absolute Gasteiger partial charge is 0.272 e. The highest BCUT2D eigenvalue weighted by Gasteiger charge is 2.47. The number of rotatable bonds is 4. The van der Waals surface area contributed by atoms with Crippen LogP contribution in [0.1, 0.15) is 42.2 Å². The fourth-order valence-electron chi connectivity index (χ4n) is 4.51. The number of amides is 1. The normalized spacial score (nSPS) is 24.5. The summed E-state index contributed by atoms with van der Waals surface area (Å²) in [5.74, 6) is -2.61. The summed E-state index contributed by atoms with van der Waals surface area (Å²) in [4.78, 5) is 22.5. The fourth-order valence-corrected chi connectivity index (χ4v) is 4.51. The molecule has 0 unspecified atom stereocenters. The number of likely N-dealkylation sites (tertiary alicyclic amines) is 1. The van der Waals surface area contributed by atoms with Crippen LogP contribution < -0.4 is 5.73 Å². The van der Waals surface area contributed by atoms with Crippen molar-refractivity contribution in [3.8, 4) is 5.82 Å². The van der Waals surface area contributed by atoms with Crippen molar-refractivity contribution in [2.75, 3.05) is 13.1 Å². The van der Waals surface area contributed by atoms with Gasteiger partial charge in [0, 0.05) is 23.8 Å². The third kappa shape index (κ3) is 3.17. The van der Waals surface area contributed by atoms with Crippen LogP contribution >= 0.6 is 0 Å². The van der Waals surface area contributed by atoms with Gasteiger partial charge in [-0.3, -0.25) is 18.9 Å². The van der Waals surface area contributed by atoms with Crippen LogP contribution in [0.3, 0.4) is 0 Å². The number of alkyl halides is 2. The number of carbonyl (C=O) groups is 1. The van der Waals surface area contributed by atoms with Gasteiger partial charge in [-0.25, -0.2) is 18.7 Å². The number of hydrogen-bond acceptors (Lipinski definition) is 5. The van der Waals surface area contributed by atoms with E-state index in [0.29, 0.717) is 11.3 Å². The number of fused-ring (bicyclic) bond motifs is 1. The van der Waals surface area contributed by atoms with Gasteiger partial charge >= 0.3 is 0 Å². The lowest BCUT2D eigenvalue weighted by atomic mass is 9.88. The molecule has 0 radical (unpaired) electrons. The molecule has 0 atom stereocenters. The number of nitrogens with zero attached hydrogens (tertiary/aromatic N) is 6. The second kappa shape index (κ2) is 6.58. The average molecular weight is 401 g/mol. The van der Waals surface area contributed by atoms with Gasteiger partial charge < -0.3 is 5.73 Å². The highest BCUT2D eigenvalue weighted by molar-refractivity contribution is 6.03. The zero-order valence-corrected chi connectivity index (χ0v) is 15.7. The Morgan fingerprint density at radius 2 is 1.90 bits per heavy atom. The summed E-state index contributed by atoms with van der Waals surface area (Å²) >= 11 is 0. The number of aromatic nitrogens is 5. The van der Waals surface area contributed by atoms with Crippen molar-refractivity contribution < 1.29 is 13.6 Å². The summed E-state index contributed by atoms with van der Waals surface area (Å²) in [6.07, 6.45) is 9.96. The van der Waals surface area contributed by atoms with E-state index in [0.717, 1.165) is 31.1 Å². The Morgan fingerprint density at radius 1 is 1.17 bits per heavy atom. The molecular weight excluding hydrogens is 380 g/mol. The number of primary amides is 1. The van der Waals surface area contributed by atoms with Gasteiger partial charge in [0.1, 0.15) is 17.7 Å². The minimum atomic E-state index is -2.54. The van der Waals surface area contributed by atoms with Crippen LogP contribution in [0.4, 0.5) is 8.78 Å². The molecule has 4 heterocycles. The fraction of sp³-hybridized carbons (Fsp3) is 0.474. The summed E-state index contributed by atoms with van der Waals surface area (Å²) in [5.41, 5.74) is 6.43. The molecule has 1 amide bonds. The SMILES string of the molecule is NC(=O)c1nc(-n2ccnc2)cc2cnn(C3CCC(N4CC(F)(F)C4)CC3)c12. The molecule has 10 heteroatoms. The molecule has 1 aliphatic heterocycles. The largest absolute Gasteiger partial charge is 0.364 e. The van der Waals surface area contributed by atoms with Crippen molar-refractivity contribution in [2.24, 2.45) is 5.73 Å². The van der Waals surface area contributed by atoms with Crippen LogP contribution in [0.15, 0.2) is 31.0 Å². The maximum Gasteiger partial charge on any atom is 0.272 e. The molecule has 152 valence electrons. The van der Waals surface area contributed by atoms with Gasteiger partial charge in [-0.05, 0) is 31.7 Å².